The van der Waals surface area contributed by atoms with E-state index in [-0.39, 0.29) is 24.2 Å². The lowest BCUT2D eigenvalue weighted by Crippen LogP contribution is -2.22. The fourth-order valence-electron chi connectivity index (χ4n) is 4.99. The van der Waals surface area contributed by atoms with Gasteiger partial charge in [0.05, 0.1) is 18.8 Å². The molecule has 4 N–H and O–H groups in total. The summed E-state index contributed by atoms with van der Waals surface area (Å²) >= 11 is 0. The second kappa shape index (κ2) is 20.8. The normalized spacial score (nSPS) is 22.1. The molecule has 0 saturated heterocycles. The van der Waals surface area contributed by atoms with Gasteiger partial charge in [-0.2, -0.15) is 0 Å². The number of esters is 1. The predicted molar refractivity (Wildman–Crippen MR) is 154 cm³/mol. The van der Waals surface area contributed by atoms with Gasteiger partial charge in [-0.1, -0.05) is 55.0 Å². The fraction of sp³-hybridized carbons (Fsp3) is 0.656. The Bertz CT molecular complexity index is 841. The number of aliphatic hydroxyl groups excluding tert-OH is 3. The molecule has 40 heavy (non-hydrogen) atoms. The minimum absolute atomic E-state index is 0.0849. The van der Waals surface area contributed by atoms with Crippen molar-refractivity contribution in [3.8, 4) is 0 Å². The van der Waals surface area contributed by atoms with Crippen LogP contribution in [0, 0.1) is 11.8 Å². The predicted octanol–water partition coefficient (Wildman–Crippen LogP) is 4.10. The van der Waals surface area contributed by atoms with Gasteiger partial charge in [0.1, 0.15) is 6.10 Å². The second-order valence-corrected chi connectivity index (χ2v) is 10.6. The molecular weight excluding hydrogens is 512 g/mol. The molecule has 0 aliphatic heterocycles. The maximum absolute atomic E-state index is 12.7. The molecule has 0 heterocycles. The number of allylic oxidation sites excluding steroid dienone is 2. The first kappa shape index (κ1) is 34.1. The number of aliphatic hydroxyl groups is 4. The summed E-state index contributed by atoms with van der Waals surface area (Å²) in [6.45, 7) is 1.53. The third-order valence-corrected chi connectivity index (χ3v) is 7.29. The molecule has 0 amide bonds. The van der Waals surface area contributed by atoms with Crippen LogP contribution in [0.25, 0.3) is 0 Å². The Hall–Kier alpha value is -2.07. The summed E-state index contributed by atoms with van der Waals surface area (Å²) in [7, 11) is 1.69. The molecule has 1 aliphatic rings. The van der Waals surface area contributed by atoms with E-state index in [2.05, 4.69) is 24.3 Å². The Morgan fingerprint density at radius 1 is 0.975 bits per heavy atom. The SMILES string of the molecule is COCCC/C=C\C[C@H]1[C@@H](O)CC(O)[C@@H]1/C=C/[C@@H](CCc1ccccc1)OC(=O)CCCCCOCCC(O)O. The van der Waals surface area contributed by atoms with Crippen molar-refractivity contribution in [2.24, 2.45) is 11.8 Å². The highest BCUT2D eigenvalue weighted by Gasteiger charge is 2.39. The molecule has 0 aromatic heterocycles. The van der Waals surface area contributed by atoms with Gasteiger partial charge >= 0.3 is 5.97 Å². The lowest BCUT2D eigenvalue weighted by molar-refractivity contribution is -0.147. The Balaban J connectivity index is 1.89. The number of ether oxygens (including phenoxy) is 3. The summed E-state index contributed by atoms with van der Waals surface area (Å²) in [4.78, 5) is 12.7. The zero-order chi connectivity index (χ0) is 29.0. The van der Waals surface area contributed by atoms with Gasteiger partial charge in [-0.05, 0) is 62.5 Å². The van der Waals surface area contributed by atoms with Crippen molar-refractivity contribution in [1.82, 2.24) is 0 Å². The molecule has 0 spiro atoms. The van der Waals surface area contributed by atoms with Crippen LogP contribution in [-0.2, 0) is 25.4 Å². The molecule has 226 valence electrons. The summed E-state index contributed by atoms with van der Waals surface area (Å²) in [5.74, 6) is -0.545. The highest BCUT2D eigenvalue weighted by molar-refractivity contribution is 5.69. The minimum atomic E-state index is -1.35. The van der Waals surface area contributed by atoms with E-state index in [0.29, 0.717) is 45.3 Å². The third-order valence-electron chi connectivity index (χ3n) is 7.29. The first-order chi connectivity index (χ1) is 19.4. The number of carbonyl (C=O) groups is 1. The molecule has 2 rings (SSSR count). The third kappa shape index (κ3) is 14.5. The Morgan fingerprint density at radius 3 is 2.52 bits per heavy atom. The number of aryl methyl sites for hydroxylation is 1. The highest BCUT2D eigenvalue weighted by atomic mass is 16.5. The Kier molecular flexibility index (Phi) is 17.7. The molecule has 0 bridgehead atoms. The van der Waals surface area contributed by atoms with Crippen LogP contribution in [0.4, 0.5) is 0 Å². The lowest BCUT2D eigenvalue weighted by Gasteiger charge is -2.21. The van der Waals surface area contributed by atoms with Gasteiger partial charge < -0.3 is 34.6 Å². The maximum atomic E-state index is 12.7. The van der Waals surface area contributed by atoms with Gasteiger partial charge in [0.2, 0.25) is 0 Å². The maximum Gasteiger partial charge on any atom is 0.306 e. The Morgan fingerprint density at radius 2 is 1.77 bits per heavy atom. The van der Waals surface area contributed by atoms with Crippen LogP contribution in [0.15, 0.2) is 54.6 Å². The van der Waals surface area contributed by atoms with E-state index in [0.717, 1.165) is 38.7 Å². The number of carbonyl (C=O) groups excluding carboxylic acids is 1. The van der Waals surface area contributed by atoms with E-state index in [4.69, 9.17) is 24.4 Å². The van der Waals surface area contributed by atoms with Crippen LogP contribution in [0.5, 0.6) is 0 Å². The fourth-order valence-corrected chi connectivity index (χ4v) is 4.99. The van der Waals surface area contributed by atoms with Crippen LogP contribution >= 0.6 is 0 Å². The van der Waals surface area contributed by atoms with Gasteiger partial charge in [-0.15, -0.1) is 0 Å². The summed E-state index contributed by atoms with van der Waals surface area (Å²) in [6.07, 6.45) is 12.1. The average molecular weight is 563 g/mol. The number of methoxy groups -OCH3 is 1. The quantitative estimate of drug-likeness (QED) is 0.0764. The Labute approximate surface area is 239 Å². The number of hydrogen-bond acceptors (Lipinski definition) is 8. The van der Waals surface area contributed by atoms with Crippen LogP contribution in [-0.4, -0.2) is 77.9 Å². The zero-order valence-corrected chi connectivity index (χ0v) is 24.0. The van der Waals surface area contributed by atoms with Crippen molar-refractivity contribution in [3.05, 3.63) is 60.2 Å². The molecule has 1 unspecified atom stereocenters. The van der Waals surface area contributed by atoms with Crippen molar-refractivity contribution in [2.75, 3.05) is 26.9 Å². The van der Waals surface area contributed by atoms with Crippen LogP contribution in [0.3, 0.4) is 0 Å². The summed E-state index contributed by atoms with van der Waals surface area (Å²) in [5, 5.41) is 38.9. The molecule has 1 aliphatic carbocycles. The monoisotopic (exact) mass is 562 g/mol. The van der Waals surface area contributed by atoms with Crippen LogP contribution in [0.1, 0.15) is 69.8 Å². The molecule has 1 saturated carbocycles. The van der Waals surface area contributed by atoms with E-state index in [1.807, 2.05) is 30.4 Å². The number of rotatable bonds is 21. The van der Waals surface area contributed by atoms with Gasteiger partial charge in [-0.25, -0.2) is 0 Å². The lowest BCUT2D eigenvalue weighted by atomic mass is 9.89. The van der Waals surface area contributed by atoms with Crippen molar-refractivity contribution < 1.29 is 39.4 Å². The smallest absolute Gasteiger partial charge is 0.306 e. The van der Waals surface area contributed by atoms with Crippen molar-refractivity contribution >= 4 is 5.97 Å². The molecule has 5 atom stereocenters. The van der Waals surface area contributed by atoms with E-state index in [9.17, 15) is 15.0 Å². The molecule has 8 heteroatoms. The molecular formula is C32H50O8. The van der Waals surface area contributed by atoms with Crippen molar-refractivity contribution in [2.45, 2.75) is 95.2 Å². The number of benzene rings is 1. The summed E-state index contributed by atoms with van der Waals surface area (Å²) in [6, 6.07) is 10.1. The van der Waals surface area contributed by atoms with Gasteiger partial charge in [0.25, 0.3) is 0 Å². The zero-order valence-electron chi connectivity index (χ0n) is 24.0. The van der Waals surface area contributed by atoms with E-state index in [1.165, 1.54) is 5.56 Å². The summed E-state index contributed by atoms with van der Waals surface area (Å²) in [5.41, 5.74) is 1.17. The summed E-state index contributed by atoms with van der Waals surface area (Å²) < 4.78 is 16.3. The topological polar surface area (TPSA) is 126 Å². The minimum Gasteiger partial charge on any atom is -0.458 e. The van der Waals surface area contributed by atoms with Crippen LogP contribution in [0.2, 0.25) is 0 Å². The molecule has 1 aromatic rings. The first-order valence-corrected chi connectivity index (χ1v) is 14.8. The van der Waals surface area contributed by atoms with E-state index in [1.54, 1.807) is 7.11 Å². The molecule has 0 radical (unpaired) electrons. The average Bonchev–Trinajstić information content (AvgIpc) is 3.21. The van der Waals surface area contributed by atoms with Crippen LogP contribution < -0.4 is 0 Å². The highest BCUT2D eigenvalue weighted by Crippen LogP contribution is 2.36. The van der Waals surface area contributed by atoms with Crippen molar-refractivity contribution in [3.63, 3.8) is 0 Å². The van der Waals surface area contributed by atoms with E-state index >= 15 is 0 Å². The van der Waals surface area contributed by atoms with Gasteiger partial charge in [0, 0.05) is 45.5 Å². The van der Waals surface area contributed by atoms with Crippen molar-refractivity contribution in [1.29, 1.82) is 0 Å². The van der Waals surface area contributed by atoms with Gasteiger partial charge in [-0.3, -0.25) is 4.79 Å². The number of unbranched alkanes of at least 4 members (excludes halogenated alkanes) is 3. The molecule has 1 fully saturated rings. The standard InChI is InChI=1S/C32H50O8/c1-38-21-10-3-2-8-14-27-28(30(34)24-29(27)33)19-18-26(17-16-25-12-6-4-7-13-25)40-32(37)15-9-5-11-22-39-23-20-31(35)36/h2,4,6-8,12-13,18-19,26-31,33-36H,3,5,9-11,14-17,20-24H2,1H3/b8-2-,19-18+/t26-,27-,28-,29+,30?/m1/s1. The van der Waals surface area contributed by atoms with E-state index < -0.39 is 24.6 Å². The second-order valence-electron chi connectivity index (χ2n) is 10.6. The number of hydrogen-bond donors (Lipinski definition) is 4. The largest absolute Gasteiger partial charge is 0.458 e. The first-order valence-electron chi connectivity index (χ1n) is 14.8. The molecule has 1 aromatic carbocycles. The van der Waals surface area contributed by atoms with Gasteiger partial charge in [0.15, 0.2) is 6.29 Å². The molecule has 8 nitrogen and oxygen atoms in total.